The van der Waals surface area contributed by atoms with Gasteiger partial charge in [0.25, 0.3) is 0 Å². The average Bonchev–Trinajstić information content (AvgIpc) is 2.97. The van der Waals surface area contributed by atoms with Crippen LogP contribution in [-0.4, -0.2) is 28.1 Å². The molecule has 1 atom stereocenters. The predicted molar refractivity (Wildman–Crippen MR) is 87.6 cm³/mol. The van der Waals surface area contributed by atoms with Crippen LogP contribution in [0.1, 0.15) is 36.8 Å². The molecule has 0 saturated heterocycles. The van der Waals surface area contributed by atoms with E-state index < -0.39 is 10.0 Å². The molecule has 6 heteroatoms. The van der Waals surface area contributed by atoms with E-state index in [0.717, 1.165) is 31.2 Å². The van der Waals surface area contributed by atoms with Gasteiger partial charge in [0.1, 0.15) is 10.6 Å². The molecule has 3 N–H and O–H groups in total. The summed E-state index contributed by atoms with van der Waals surface area (Å²) in [6.45, 7) is 4.02. The van der Waals surface area contributed by atoms with Crippen molar-refractivity contribution in [3.8, 4) is 5.75 Å². The van der Waals surface area contributed by atoms with E-state index in [2.05, 4.69) is 4.72 Å². The molecule has 5 nitrogen and oxygen atoms in total. The Morgan fingerprint density at radius 2 is 1.95 bits per heavy atom. The second kappa shape index (κ2) is 6.98. The van der Waals surface area contributed by atoms with E-state index in [1.54, 1.807) is 13.0 Å². The fraction of sp³-hybridized carbons (Fsp3) is 0.625. The summed E-state index contributed by atoms with van der Waals surface area (Å²) in [4.78, 5) is 0.219. The third-order valence-electron chi connectivity index (χ3n) is 4.40. The first kappa shape index (κ1) is 17.2. The Kier molecular flexibility index (Phi) is 5.47. The molecule has 1 unspecified atom stereocenters. The quantitative estimate of drug-likeness (QED) is 0.839. The molecule has 1 aromatic rings. The zero-order valence-corrected chi connectivity index (χ0v) is 14.4. The van der Waals surface area contributed by atoms with Crippen molar-refractivity contribution >= 4 is 10.0 Å². The van der Waals surface area contributed by atoms with Crippen molar-refractivity contribution in [2.24, 2.45) is 11.7 Å². The Labute approximate surface area is 133 Å². The van der Waals surface area contributed by atoms with Crippen LogP contribution < -0.4 is 15.2 Å². The molecule has 1 fully saturated rings. The van der Waals surface area contributed by atoms with Gasteiger partial charge >= 0.3 is 0 Å². The summed E-state index contributed by atoms with van der Waals surface area (Å²) in [5, 5.41) is 0. The Balaban J connectivity index is 2.33. The first-order valence-electron chi connectivity index (χ1n) is 7.76. The number of hydrogen-bond acceptors (Lipinski definition) is 4. The smallest absolute Gasteiger partial charge is 0.244 e. The molecule has 124 valence electrons. The van der Waals surface area contributed by atoms with Crippen LogP contribution in [-0.2, 0) is 10.0 Å². The Hall–Kier alpha value is -1.11. The zero-order chi connectivity index (χ0) is 16.3. The largest absolute Gasteiger partial charge is 0.495 e. The van der Waals surface area contributed by atoms with Gasteiger partial charge in [-0.3, -0.25) is 0 Å². The molecule has 0 spiro atoms. The molecule has 0 aliphatic heterocycles. The van der Waals surface area contributed by atoms with E-state index in [9.17, 15) is 8.42 Å². The van der Waals surface area contributed by atoms with Gasteiger partial charge in [0.05, 0.1) is 7.11 Å². The molecular weight excluding hydrogens is 300 g/mol. The minimum Gasteiger partial charge on any atom is -0.495 e. The second-order valence-electron chi connectivity index (χ2n) is 6.12. The average molecular weight is 326 g/mol. The van der Waals surface area contributed by atoms with E-state index in [1.807, 2.05) is 13.0 Å². The van der Waals surface area contributed by atoms with Gasteiger partial charge in [-0.25, -0.2) is 13.1 Å². The van der Waals surface area contributed by atoms with Crippen LogP contribution in [0.3, 0.4) is 0 Å². The fourth-order valence-corrected chi connectivity index (χ4v) is 5.06. The van der Waals surface area contributed by atoms with Crippen molar-refractivity contribution < 1.29 is 13.2 Å². The summed E-state index contributed by atoms with van der Waals surface area (Å²) in [5.41, 5.74) is 7.47. The van der Waals surface area contributed by atoms with E-state index >= 15 is 0 Å². The van der Waals surface area contributed by atoms with E-state index in [4.69, 9.17) is 10.5 Å². The Morgan fingerprint density at radius 1 is 1.32 bits per heavy atom. The van der Waals surface area contributed by atoms with Gasteiger partial charge in [0.15, 0.2) is 0 Å². The Morgan fingerprint density at radius 3 is 2.50 bits per heavy atom. The Bertz CT molecular complexity index is 623. The molecule has 22 heavy (non-hydrogen) atoms. The maximum Gasteiger partial charge on any atom is 0.244 e. The summed E-state index contributed by atoms with van der Waals surface area (Å²) in [7, 11) is -2.16. The number of nitrogens with one attached hydrogen (secondary N) is 1. The molecule has 0 bridgehead atoms. The highest BCUT2D eigenvalue weighted by molar-refractivity contribution is 7.89. The molecule has 1 aliphatic carbocycles. The lowest BCUT2D eigenvalue weighted by Gasteiger charge is -2.24. The molecule has 0 aromatic heterocycles. The van der Waals surface area contributed by atoms with E-state index in [1.165, 1.54) is 7.11 Å². The number of hydrogen-bond donors (Lipinski definition) is 2. The number of benzene rings is 1. The van der Waals surface area contributed by atoms with Crippen molar-refractivity contribution in [3.05, 3.63) is 23.3 Å². The molecule has 0 radical (unpaired) electrons. The zero-order valence-electron chi connectivity index (χ0n) is 13.6. The van der Waals surface area contributed by atoms with Crippen molar-refractivity contribution in [3.63, 3.8) is 0 Å². The summed E-state index contributed by atoms with van der Waals surface area (Å²) in [5.74, 6) is 0.712. The van der Waals surface area contributed by atoms with Crippen molar-refractivity contribution in [2.45, 2.75) is 50.5 Å². The van der Waals surface area contributed by atoms with E-state index in [0.29, 0.717) is 23.8 Å². The van der Waals surface area contributed by atoms with Crippen molar-refractivity contribution in [2.75, 3.05) is 13.7 Å². The third-order valence-corrected chi connectivity index (χ3v) is 6.08. The normalized spacial score (nSPS) is 17.6. The van der Waals surface area contributed by atoms with Crippen LogP contribution in [0.2, 0.25) is 0 Å². The number of sulfonamides is 1. The number of rotatable bonds is 6. The first-order valence-corrected chi connectivity index (χ1v) is 9.25. The summed E-state index contributed by atoms with van der Waals surface area (Å²) in [6.07, 6.45) is 4.37. The summed E-state index contributed by atoms with van der Waals surface area (Å²) >= 11 is 0. The molecule has 2 rings (SSSR count). The van der Waals surface area contributed by atoms with E-state index in [-0.39, 0.29) is 10.9 Å². The number of methoxy groups -OCH3 is 1. The minimum absolute atomic E-state index is 0.210. The molecule has 1 aromatic carbocycles. The fourth-order valence-electron chi connectivity index (χ4n) is 3.37. The van der Waals surface area contributed by atoms with Gasteiger partial charge in [0, 0.05) is 12.6 Å². The van der Waals surface area contributed by atoms with Crippen LogP contribution in [0.4, 0.5) is 0 Å². The van der Waals surface area contributed by atoms with Gasteiger partial charge in [0.2, 0.25) is 10.0 Å². The molecule has 0 amide bonds. The summed E-state index contributed by atoms with van der Waals surface area (Å²) in [6, 6.07) is 3.39. The van der Waals surface area contributed by atoms with Gasteiger partial charge in [-0.2, -0.15) is 0 Å². The number of aryl methyl sites for hydroxylation is 2. The van der Waals surface area contributed by atoms with Gasteiger partial charge in [-0.1, -0.05) is 18.9 Å². The molecule has 0 heterocycles. The standard InChI is InChI=1S/C16H26N2O3S/c1-11-8-12(2)16(15(9-11)21-3)22(19,20)18-14(10-17)13-6-4-5-7-13/h8-9,13-14,18H,4-7,10,17H2,1-3H3. The van der Waals surface area contributed by atoms with Crippen LogP contribution in [0.5, 0.6) is 5.75 Å². The van der Waals surface area contributed by atoms with Gasteiger partial charge in [-0.05, 0) is 49.8 Å². The van der Waals surface area contributed by atoms with Gasteiger partial charge in [-0.15, -0.1) is 0 Å². The number of nitrogens with two attached hydrogens (primary N) is 1. The highest BCUT2D eigenvalue weighted by Crippen LogP contribution is 2.31. The van der Waals surface area contributed by atoms with Crippen LogP contribution in [0.15, 0.2) is 17.0 Å². The lowest BCUT2D eigenvalue weighted by atomic mass is 9.99. The third kappa shape index (κ3) is 3.62. The monoisotopic (exact) mass is 326 g/mol. The van der Waals surface area contributed by atoms with Crippen molar-refractivity contribution in [1.29, 1.82) is 0 Å². The lowest BCUT2D eigenvalue weighted by molar-refractivity contribution is 0.393. The second-order valence-corrected chi connectivity index (χ2v) is 7.77. The number of ether oxygens (including phenoxy) is 1. The molecule has 1 saturated carbocycles. The maximum atomic E-state index is 12.8. The predicted octanol–water partition coefficient (Wildman–Crippen LogP) is 2.11. The summed E-state index contributed by atoms with van der Waals surface area (Å²) < 4.78 is 33.7. The first-order chi connectivity index (χ1) is 10.4. The maximum absolute atomic E-state index is 12.8. The van der Waals surface area contributed by atoms with Crippen molar-refractivity contribution in [1.82, 2.24) is 4.72 Å². The van der Waals surface area contributed by atoms with Crippen LogP contribution in [0, 0.1) is 19.8 Å². The lowest BCUT2D eigenvalue weighted by Crippen LogP contribution is -2.44. The SMILES string of the molecule is COc1cc(C)cc(C)c1S(=O)(=O)NC(CN)C1CCCC1. The van der Waals surface area contributed by atoms with Crippen LogP contribution in [0.25, 0.3) is 0 Å². The van der Waals surface area contributed by atoms with Gasteiger partial charge < -0.3 is 10.5 Å². The molecule has 1 aliphatic rings. The highest BCUT2D eigenvalue weighted by Gasteiger charge is 2.30. The topological polar surface area (TPSA) is 81.4 Å². The van der Waals surface area contributed by atoms with Crippen LogP contribution >= 0.6 is 0 Å². The molecular formula is C16H26N2O3S. The highest BCUT2D eigenvalue weighted by atomic mass is 32.2. The minimum atomic E-state index is -3.65.